The predicted molar refractivity (Wildman–Crippen MR) is 83.8 cm³/mol. The number of hydrogen-bond acceptors (Lipinski definition) is 4. The molecule has 0 saturated carbocycles. The SMILES string of the molecule is CC(C)(C)OC(=O)N1CCC(C(=O)Nc2ccc(Cl)nc2)C1. The van der Waals surface area contributed by atoms with E-state index in [1.54, 1.807) is 17.0 Å². The third-order valence-corrected chi connectivity index (χ3v) is 3.43. The highest BCUT2D eigenvalue weighted by Gasteiger charge is 2.33. The Hall–Kier alpha value is -1.82. The molecule has 1 saturated heterocycles. The summed E-state index contributed by atoms with van der Waals surface area (Å²) in [4.78, 5) is 29.6. The highest BCUT2D eigenvalue weighted by atomic mass is 35.5. The van der Waals surface area contributed by atoms with Crippen molar-refractivity contribution in [3.63, 3.8) is 0 Å². The summed E-state index contributed by atoms with van der Waals surface area (Å²) in [7, 11) is 0. The average Bonchev–Trinajstić information content (AvgIpc) is 2.89. The molecule has 0 spiro atoms. The normalized spacial score (nSPS) is 18.2. The smallest absolute Gasteiger partial charge is 0.410 e. The maximum atomic E-state index is 12.2. The van der Waals surface area contributed by atoms with Crippen molar-refractivity contribution in [2.75, 3.05) is 18.4 Å². The second-order valence-corrected chi connectivity index (χ2v) is 6.66. The zero-order chi connectivity index (χ0) is 16.3. The van der Waals surface area contributed by atoms with Gasteiger partial charge in [-0.3, -0.25) is 4.79 Å². The summed E-state index contributed by atoms with van der Waals surface area (Å²) in [6.45, 7) is 6.34. The van der Waals surface area contributed by atoms with E-state index in [4.69, 9.17) is 16.3 Å². The molecule has 0 aromatic carbocycles. The number of ether oxygens (including phenoxy) is 1. The third kappa shape index (κ3) is 4.59. The van der Waals surface area contributed by atoms with E-state index in [-0.39, 0.29) is 17.9 Å². The Kier molecular flexibility index (Phi) is 4.90. The van der Waals surface area contributed by atoms with E-state index < -0.39 is 5.60 Å². The highest BCUT2D eigenvalue weighted by Crippen LogP contribution is 2.21. The summed E-state index contributed by atoms with van der Waals surface area (Å²) in [5, 5.41) is 3.15. The molecule has 7 heteroatoms. The number of rotatable bonds is 2. The number of halogens is 1. The summed E-state index contributed by atoms with van der Waals surface area (Å²) in [6, 6.07) is 3.30. The van der Waals surface area contributed by atoms with E-state index in [2.05, 4.69) is 10.3 Å². The van der Waals surface area contributed by atoms with Gasteiger partial charge >= 0.3 is 6.09 Å². The zero-order valence-corrected chi connectivity index (χ0v) is 13.7. The molecule has 1 aliphatic heterocycles. The van der Waals surface area contributed by atoms with Gasteiger partial charge in [-0.1, -0.05) is 11.6 Å². The summed E-state index contributed by atoms with van der Waals surface area (Å²) in [6.07, 6.45) is 1.74. The van der Waals surface area contributed by atoms with Crippen LogP contribution < -0.4 is 5.32 Å². The van der Waals surface area contributed by atoms with E-state index in [0.717, 1.165) is 0 Å². The molecule has 0 radical (unpaired) electrons. The van der Waals surface area contributed by atoms with E-state index >= 15 is 0 Å². The van der Waals surface area contributed by atoms with Crippen molar-refractivity contribution in [1.29, 1.82) is 0 Å². The van der Waals surface area contributed by atoms with Gasteiger partial charge in [-0.15, -0.1) is 0 Å². The number of anilines is 1. The maximum absolute atomic E-state index is 12.2. The molecular formula is C15H20ClN3O3. The topological polar surface area (TPSA) is 71.5 Å². The summed E-state index contributed by atoms with van der Waals surface area (Å²) >= 11 is 5.70. The number of likely N-dealkylation sites (tertiary alicyclic amines) is 1. The van der Waals surface area contributed by atoms with E-state index in [1.807, 2.05) is 20.8 Å². The number of nitrogens with one attached hydrogen (secondary N) is 1. The van der Waals surface area contributed by atoms with Crippen LogP contribution >= 0.6 is 11.6 Å². The second kappa shape index (κ2) is 6.52. The molecule has 1 aliphatic rings. The van der Waals surface area contributed by atoms with Gasteiger partial charge in [0.15, 0.2) is 0 Å². The number of nitrogens with zero attached hydrogens (tertiary/aromatic N) is 2. The average molecular weight is 326 g/mol. The number of aromatic nitrogens is 1. The molecule has 1 atom stereocenters. The van der Waals surface area contributed by atoms with Crippen LogP contribution in [0.4, 0.5) is 10.5 Å². The molecule has 22 heavy (non-hydrogen) atoms. The van der Waals surface area contributed by atoms with Gasteiger partial charge in [-0.05, 0) is 39.3 Å². The van der Waals surface area contributed by atoms with Crippen LogP contribution in [0.3, 0.4) is 0 Å². The Morgan fingerprint density at radius 1 is 1.41 bits per heavy atom. The van der Waals surface area contributed by atoms with Gasteiger partial charge in [0.1, 0.15) is 10.8 Å². The minimum atomic E-state index is -0.535. The van der Waals surface area contributed by atoms with Crippen molar-refractivity contribution in [2.45, 2.75) is 32.8 Å². The van der Waals surface area contributed by atoms with Crippen LogP contribution in [-0.2, 0) is 9.53 Å². The maximum Gasteiger partial charge on any atom is 0.410 e. The highest BCUT2D eigenvalue weighted by molar-refractivity contribution is 6.29. The van der Waals surface area contributed by atoms with Gasteiger partial charge in [0.2, 0.25) is 5.91 Å². The van der Waals surface area contributed by atoms with E-state index in [9.17, 15) is 9.59 Å². The van der Waals surface area contributed by atoms with Crippen molar-refractivity contribution in [1.82, 2.24) is 9.88 Å². The van der Waals surface area contributed by atoms with Gasteiger partial charge in [0, 0.05) is 13.1 Å². The predicted octanol–water partition coefficient (Wildman–Crippen LogP) is 2.93. The van der Waals surface area contributed by atoms with Crippen LogP contribution in [0, 0.1) is 5.92 Å². The summed E-state index contributed by atoms with van der Waals surface area (Å²) in [5.41, 5.74) is 0.0528. The van der Waals surface area contributed by atoms with Crippen molar-refractivity contribution in [3.8, 4) is 0 Å². The molecule has 2 rings (SSSR count). The standard InChI is InChI=1S/C15H20ClN3O3/c1-15(2,3)22-14(21)19-7-6-10(9-19)13(20)18-11-4-5-12(16)17-8-11/h4-5,8,10H,6-7,9H2,1-3H3,(H,18,20). The minimum absolute atomic E-state index is 0.129. The summed E-state index contributed by atoms with van der Waals surface area (Å²) in [5.74, 6) is -0.377. The first kappa shape index (κ1) is 16.5. The fourth-order valence-electron chi connectivity index (χ4n) is 2.16. The number of pyridine rings is 1. The van der Waals surface area contributed by atoms with Crippen molar-refractivity contribution in [3.05, 3.63) is 23.5 Å². The van der Waals surface area contributed by atoms with Crippen LogP contribution in [0.2, 0.25) is 5.15 Å². The van der Waals surface area contributed by atoms with Gasteiger partial charge in [-0.2, -0.15) is 0 Å². The number of carbonyl (C=O) groups is 2. The lowest BCUT2D eigenvalue weighted by Crippen LogP contribution is -2.36. The van der Waals surface area contributed by atoms with Crippen molar-refractivity contribution < 1.29 is 14.3 Å². The Balaban J connectivity index is 1.88. The third-order valence-electron chi connectivity index (χ3n) is 3.21. The molecule has 120 valence electrons. The number of carbonyl (C=O) groups excluding carboxylic acids is 2. The van der Waals surface area contributed by atoms with Crippen molar-refractivity contribution in [2.24, 2.45) is 5.92 Å². The molecule has 1 aromatic heterocycles. The molecule has 1 unspecified atom stereocenters. The first-order chi connectivity index (χ1) is 10.2. The molecule has 2 heterocycles. The Bertz CT molecular complexity index is 554. The zero-order valence-electron chi connectivity index (χ0n) is 12.9. The lowest BCUT2D eigenvalue weighted by atomic mass is 10.1. The molecule has 1 N–H and O–H groups in total. The Morgan fingerprint density at radius 3 is 2.73 bits per heavy atom. The van der Waals surface area contributed by atoms with E-state index in [1.165, 1.54) is 6.20 Å². The molecule has 6 nitrogen and oxygen atoms in total. The number of amides is 2. The Morgan fingerprint density at radius 2 is 2.14 bits per heavy atom. The largest absolute Gasteiger partial charge is 0.444 e. The minimum Gasteiger partial charge on any atom is -0.444 e. The lowest BCUT2D eigenvalue weighted by molar-refractivity contribution is -0.119. The molecule has 1 fully saturated rings. The molecule has 0 aliphatic carbocycles. The fourth-order valence-corrected chi connectivity index (χ4v) is 2.27. The van der Waals surface area contributed by atoms with Crippen LogP contribution in [0.1, 0.15) is 27.2 Å². The van der Waals surface area contributed by atoms with Crippen molar-refractivity contribution >= 4 is 29.3 Å². The second-order valence-electron chi connectivity index (χ2n) is 6.27. The molecule has 0 bridgehead atoms. The van der Waals surface area contributed by atoms with Crippen LogP contribution in [0.5, 0.6) is 0 Å². The van der Waals surface area contributed by atoms with Gasteiger partial charge in [0.05, 0.1) is 17.8 Å². The van der Waals surface area contributed by atoms with Gasteiger partial charge < -0.3 is 15.0 Å². The summed E-state index contributed by atoms with van der Waals surface area (Å²) < 4.78 is 5.31. The number of hydrogen-bond donors (Lipinski definition) is 1. The van der Waals surface area contributed by atoms with Crippen LogP contribution in [0.25, 0.3) is 0 Å². The van der Waals surface area contributed by atoms with E-state index in [0.29, 0.717) is 30.4 Å². The monoisotopic (exact) mass is 325 g/mol. The molecule has 2 amide bonds. The molecular weight excluding hydrogens is 306 g/mol. The molecule has 1 aromatic rings. The lowest BCUT2D eigenvalue weighted by Gasteiger charge is -2.24. The first-order valence-electron chi connectivity index (χ1n) is 7.15. The quantitative estimate of drug-likeness (QED) is 0.849. The Labute approximate surface area is 134 Å². The van der Waals surface area contributed by atoms with Gasteiger partial charge in [0.25, 0.3) is 0 Å². The van der Waals surface area contributed by atoms with Gasteiger partial charge in [-0.25, -0.2) is 9.78 Å². The van der Waals surface area contributed by atoms with Crippen LogP contribution in [-0.4, -0.2) is 40.6 Å². The first-order valence-corrected chi connectivity index (χ1v) is 7.53. The fraction of sp³-hybridized carbons (Fsp3) is 0.533. The van der Waals surface area contributed by atoms with Crippen LogP contribution in [0.15, 0.2) is 18.3 Å².